The fraction of sp³-hybridized carbons (Fsp3) is 0.364. The second-order valence-electron chi connectivity index (χ2n) is 7.43. The standard InChI is InChI=1S/C22H23BrN2O2/c23-18-6-8-19(9-7-18)25-21(26)15-20(22(25)27)24-12-10-17(11-13-24)14-16-4-2-1-3-5-16/h1-9,17,20H,10-15H2. The zero-order valence-corrected chi connectivity index (χ0v) is 16.8. The first kappa shape index (κ1) is 18.4. The van der Waals surface area contributed by atoms with Gasteiger partial charge in [0.2, 0.25) is 5.91 Å². The van der Waals surface area contributed by atoms with Crippen molar-refractivity contribution in [1.29, 1.82) is 0 Å². The SMILES string of the molecule is O=C1CC(N2CCC(Cc3ccccc3)CC2)C(=O)N1c1ccc(Br)cc1. The number of amides is 2. The maximum absolute atomic E-state index is 12.9. The smallest absolute Gasteiger partial charge is 0.251 e. The van der Waals surface area contributed by atoms with Crippen LogP contribution >= 0.6 is 15.9 Å². The second kappa shape index (κ2) is 7.95. The Labute approximate surface area is 168 Å². The Morgan fingerprint density at radius 3 is 2.26 bits per heavy atom. The van der Waals surface area contributed by atoms with Crippen LogP contribution in [-0.4, -0.2) is 35.8 Å². The van der Waals surface area contributed by atoms with E-state index >= 15 is 0 Å². The zero-order chi connectivity index (χ0) is 18.8. The number of nitrogens with zero attached hydrogens (tertiary/aromatic N) is 2. The molecular formula is C22H23BrN2O2. The van der Waals surface area contributed by atoms with E-state index in [-0.39, 0.29) is 24.3 Å². The summed E-state index contributed by atoms with van der Waals surface area (Å²) < 4.78 is 0.933. The van der Waals surface area contributed by atoms with Gasteiger partial charge in [0.25, 0.3) is 5.91 Å². The number of likely N-dealkylation sites (tertiary alicyclic amines) is 1. The number of halogens is 1. The van der Waals surface area contributed by atoms with E-state index in [4.69, 9.17) is 0 Å². The Bertz CT molecular complexity index is 814. The van der Waals surface area contributed by atoms with Crippen LogP contribution in [0.25, 0.3) is 0 Å². The zero-order valence-electron chi connectivity index (χ0n) is 15.2. The summed E-state index contributed by atoms with van der Waals surface area (Å²) in [7, 11) is 0. The third-order valence-corrected chi connectivity index (χ3v) is 6.19. The number of benzene rings is 2. The number of carbonyl (C=O) groups is 2. The monoisotopic (exact) mass is 426 g/mol. The molecule has 2 aliphatic rings. The van der Waals surface area contributed by atoms with Crippen molar-refractivity contribution in [3.05, 3.63) is 64.6 Å². The van der Waals surface area contributed by atoms with Crippen molar-refractivity contribution in [3.63, 3.8) is 0 Å². The van der Waals surface area contributed by atoms with Crippen molar-refractivity contribution in [2.45, 2.75) is 31.7 Å². The van der Waals surface area contributed by atoms with Crippen molar-refractivity contribution >= 4 is 33.4 Å². The van der Waals surface area contributed by atoms with Crippen molar-refractivity contribution in [3.8, 4) is 0 Å². The van der Waals surface area contributed by atoms with Gasteiger partial charge in [-0.3, -0.25) is 14.5 Å². The second-order valence-corrected chi connectivity index (χ2v) is 8.35. The lowest BCUT2D eigenvalue weighted by molar-refractivity contribution is -0.123. The number of rotatable bonds is 4. The van der Waals surface area contributed by atoms with Gasteiger partial charge in [-0.2, -0.15) is 0 Å². The Morgan fingerprint density at radius 2 is 1.59 bits per heavy atom. The molecule has 2 aromatic carbocycles. The Hall–Kier alpha value is -1.98. The molecule has 5 heteroatoms. The van der Waals surface area contributed by atoms with E-state index in [1.54, 1.807) is 0 Å². The van der Waals surface area contributed by atoms with Gasteiger partial charge in [0.1, 0.15) is 0 Å². The highest BCUT2D eigenvalue weighted by Gasteiger charge is 2.43. The molecule has 0 saturated carbocycles. The molecule has 1 unspecified atom stereocenters. The summed E-state index contributed by atoms with van der Waals surface area (Å²) in [6.45, 7) is 1.77. The van der Waals surface area contributed by atoms with Gasteiger partial charge in [-0.05, 0) is 68.1 Å². The maximum Gasteiger partial charge on any atom is 0.251 e. The van der Waals surface area contributed by atoms with E-state index < -0.39 is 0 Å². The van der Waals surface area contributed by atoms with Crippen LogP contribution in [0.15, 0.2) is 59.1 Å². The van der Waals surface area contributed by atoms with Gasteiger partial charge < -0.3 is 0 Å². The number of hydrogen-bond donors (Lipinski definition) is 0. The van der Waals surface area contributed by atoms with Gasteiger partial charge in [-0.15, -0.1) is 0 Å². The number of anilines is 1. The Balaban J connectivity index is 1.38. The third-order valence-electron chi connectivity index (χ3n) is 5.66. The lowest BCUT2D eigenvalue weighted by atomic mass is 9.89. The molecule has 140 valence electrons. The highest BCUT2D eigenvalue weighted by Crippen LogP contribution is 2.30. The highest BCUT2D eigenvalue weighted by molar-refractivity contribution is 9.10. The van der Waals surface area contributed by atoms with E-state index in [2.05, 4.69) is 45.1 Å². The predicted molar refractivity (Wildman–Crippen MR) is 109 cm³/mol. The number of imide groups is 1. The topological polar surface area (TPSA) is 40.6 Å². The van der Waals surface area contributed by atoms with Crippen LogP contribution in [-0.2, 0) is 16.0 Å². The molecule has 2 aromatic rings. The molecule has 4 nitrogen and oxygen atoms in total. The van der Waals surface area contributed by atoms with Crippen LogP contribution in [0.1, 0.15) is 24.8 Å². The molecular weight excluding hydrogens is 404 g/mol. The summed E-state index contributed by atoms with van der Waals surface area (Å²) in [6.07, 6.45) is 3.53. The molecule has 0 N–H and O–H groups in total. The summed E-state index contributed by atoms with van der Waals surface area (Å²) in [5.41, 5.74) is 2.04. The van der Waals surface area contributed by atoms with Crippen molar-refractivity contribution in [2.24, 2.45) is 5.92 Å². The van der Waals surface area contributed by atoms with E-state index in [1.807, 2.05) is 30.3 Å². The molecule has 0 aliphatic carbocycles. The largest absolute Gasteiger partial charge is 0.292 e. The van der Waals surface area contributed by atoms with Gasteiger partial charge >= 0.3 is 0 Å². The average Bonchev–Trinajstić information content (AvgIpc) is 2.98. The fourth-order valence-corrected chi connectivity index (χ4v) is 4.44. The van der Waals surface area contributed by atoms with Crippen LogP contribution in [0.5, 0.6) is 0 Å². The van der Waals surface area contributed by atoms with Crippen LogP contribution < -0.4 is 4.90 Å². The first-order valence-corrected chi connectivity index (χ1v) is 10.3. The molecule has 2 heterocycles. The third kappa shape index (κ3) is 3.99. The number of piperidine rings is 1. The van der Waals surface area contributed by atoms with Gasteiger partial charge in [-0.1, -0.05) is 46.3 Å². The molecule has 2 aliphatic heterocycles. The summed E-state index contributed by atoms with van der Waals surface area (Å²) in [6, 6.07) is 17.6. The Morgan fingerprint density at radius 1 is 0.926 bits per heavy atom. The minimum Gasteiger partial charge on any atom is -0.292 e. The summed E-state index contributed by atoms with van der Waals surface area (Å²) in [5, 5.41) is 0. The first-order valence-electron chi connectivity index (χ1n) is 9.52. The van der Waals surface area contributed by atoms with Crippen molar-refractivity contribution in [1.82, 2.24) is 4.90 Å². The van der Waals surface area contributed by atoms with E-state index in [9.17, 15) is 9.59 Å². The molecule has 0 radical (unpaired) electrons. The first-order chi connectivity index (χ1) is 13.1. The van der Waals surface area contributed by atoms with Crippen LogP contribution in [0, 0.1) is 5.92 Å². The highest BCUT2D eigenvalue weighted by atomic mass is 79.9. The predicted octanol–water partition coefficient (Wildman–Crippen LogP) is 4.04. The molecule has 4 rings (SSSR count). The fourth-order valence-electron chi connectivity index (χ4n) is 4.18. The number of hydrogen-bond acceptors (Lipinski definition) is 3. The van der Waals surface area contributed by atoms with Crippen LogP contribution in [0.2, 0.25) is 0 Å². The average molecular weight is 427 g/mol. The van der Waals surface area contributed by atoms with E-state index in [1.165, 1.54) is 10.5 Å². The van der Waals surface area contributed by atoms with Crippen LogP contribution in [0.4, 0.5) is 5.69 Å². The molecule has 0 aromatic heterocycles. The molecule has 2 fully saturated rings. The molecule has 2 amide bonds. The molecule has 2 saturated heterocycles. The van der Waals surface area contributed by atoms with Gasteiger partial charge in [0, 0.05) is 4.47 Å². The van der Waals surface area contributed by atoms with Gasteiger partial charge in [0.05, 0.1) is 18.2 Å². The minimum atomic E-state index is -0.307. The molecule has 1 atom stereocenters. The molecule has 0 spiro atoms. The summed E-state index contributed by atoms with van der Waals surface area (Å²) in [4.78, 5) is 29.0. The summed E-state index contributed by atoms with van der Waals surface area (Å²) in [5.74, 6) is 0.473. The van der Waals surface area contributed by atoms with Crippen LogP contribution in [0.3, 0.4) is 0 Å². The van der Waals surface area contributed by atoms with Crippen molar-refractivity contribution in [2.75, 3.05) is 18.0 Å². The van der Waals surface area contributed by atoms with E-state index in [0.717, 1.165) is 36.8 Å². The Kier molecular flexibility index (Phi) is 5.41. The van der Waals surface area contributed by atoms with Gasteiger partial charge in [-0.25, -0.2) is 4.90 Å². The van der Waals surface area contributed by atoms with E-state index in [0.29, 0.717) is 11.6 Å². The maximum atomic E-state index is 12.9. The number of carbonyl (C=O) groups excluding carboxylic acids is 2. The molecule has 0 bridgehead atoms. The normalized spacial score (nSPS) is 21.8. The summed E-state index contributed by atoms with van der Waals surface area (Å²) >= 11 is 3.39. The lowest BCUT2D eigenvalue weighted by Gasteiger charge is -2.34. The minimum absolute atomic E-state index is 0.0798. The van der Waals surface area contributed by atoms with Gasteiger partial charge in [0.15, 0.2) is 0 Å². The lowest BCUT2D eigenvalue weighted by Crippen LogP contribution is -2.46. The van der Waals surface area contributed by atoms with Crippen molar-refractivity contribution < 1.29 is 9.59 Å². The molecule has 27 heavy (non-hydrogen) atoms. The quantitative estimate of drug-likeness (QED) is 0.692.